The lowest BCUT2D eigenvalue weighted by Gasteiger charge is -2.33. The fraction of sp³-hybridized carbons (Fsp3) is 0.923. The quantitative estimate of drug-likeness (QED) is 0.751. The van der Waals surface area contributed by atoms with Crippen molar-refractivity contribution in [3.63, 3.8) is 0 Å². The molecule has 0 amide bonds. The van der Waals surface area contributed by atoms with Gasteiger partial charge in [0.25, 0.3) is 0 Å². The lowest BCUT2D eigenvalue weighted by molar-refractivity contribution is -0.152. The van der Waals surface area contributed by atoms with Gasteiger partial charge in [-0.15, -0.1) is 0 Å². The molecule has 1 fully saturated rings. The van der Waals surface area contributed by atoms with E-state index in [0.29, 0.717) is 18.4 Å². The second-order valence-electron chi connectivity index (χ2n) is 5.66. The SMILES string of the molecule is CC(C)CCOC(=O)C1(N)CCC(C)CC1. The molecular weight excluding hydrogens is 202 g/mol. The summed E-state index contributed by atoms with van der Waals surface area (Å²) >= 11 is 0. The second kappa shape index (κ2) is 5.67. The van der Waals surface area contributed by atoms with Crippen LogP contribution in [-0.2, 0) is 9.53 Å². The Hall–Kier alpha value is -0.570. The van der Waals surface area contributed by atoms with Gasteiger partial charge in [0.2, 0.25) is 0 Å². The fourth-order valence-corrected chi connectivity index (χ4v) is 2.01. The molecule has 3 nitrogen and oxygen atoms in total. The fourth-order valence-electron chi connectivity index (χ4n) is 2.01. The highest BCUT2D eigenvalue weighted by atomic mass is 16.5. The van der Waals surface area contributed by atoms with Crippen molar-refractivity contribution in [3.05, 3.63) is 0 Å². The van der Waals surface area contributed by atoms with Crippen LogP contribution in [0.3, 0.4) is 0 Å². The van der Waals surface area contributed by atoms with Gasteiger partial charge in [-0.2, -0.15) is 0 Å². The van der Waals surface area contributed by atoms with E-state index in [1.165, 1.54) is 0 Å². The number of ether oxygens (including phenoxy) is 1. The molecule has 0 saturated heterocycles. The van der Waals surface area contributed by atoms with Gasteiger partial charge in [0, 0.05) is 0 Å². The average molecular weight is 227 g/mol. The molecule has 0 bridgehead atoms. The third kappa shape index (κ3) is 3.78. The summed E-state index contributed by atoms with van der Waals surface area (Å²) in [6.45, 7) is 6.96. The number of carbonyl (C=O) groups excluding carboxylic acids is 1. The third-order valence-corrected chi connectivity index (χ3v) is 3.50. The highest BCUT2D eigenvalue weighted by Gasteiger charge is 2.38. The first-order chi connectivity index (χ1) is 7.44. The van der Waals surface area contributed by atoms with Gasteiger partial charge in [0.15, 0.2) is 0 Å². The standard InChI is InChI=1S/C13H25NO2/c1-10(2)6-9-16-12(15)13(14)7-4-11(3)5-8-13/h10-11H,4-9,14H2,1-3H3. The van der Waals surface area contributed by atoms with Crippen molar-refractivity contribution in [1.29, 1.82) is 0 Å². The molecule has 1 rings (SSSR count). The molecule has 0 aromatic rings. The van der Waals surface area contributed by atoms with Gasteiger partial charge >= 0.3 is 5.97 Å². The molecule has 0 radical (unpaired) electrons. The van der Waals surface area contributed by atoms with Crippen molar-refractivity contribution in [1.82, 2.24) is 0 Å². The Morgan fingerprint density at radius 2 is 2.00 bits per heavy atom. The number of nitrogens with two attached hydrogens (primary N) is 1. The maximum atomic E-state index is 11.9. The van der Waals surface area contributed by atoms with Crippen molar-refractivity contribution in [2.45, 2.75) is 58.4 Å². The molecule has 16 heavy (non-hydrogen) atoms. The summed E-state index contributed by atoms with van der Waals surface area (Å²) in [7, 11) is 0. The largest absolute Gasteiger partial charge is 0.464 e. The van der Waals surface area contributed by atoms with Gasteiger partial charge in [0.1, 0.15) is 5.54 Å². The first-order valence-corrected chi connectivity index (χ1v) is 6.40. The zero-order chi connectivity index (χ0) is 12.2. The minimum Gasteiger partial charge on any atom is -0.464 e. The Bertz CT molecular complexity index is 230. The summed E-state index contributed by atoms with van der Waals surface area (Å²) in [5, 5.41) is 0. The number of esters is 1. The Morgan fingerprint density at radius 1 is 1.44 bits per heavy atom. The topological polar surface area (TPSA) is 52.3 Å². The van der Waals surface area contributed by atoms with Gasteiger partial charge in [-0.05, 0) is 43.9 Å². The van der Waals surface area contributed by atoms with Crippen LogP contribution in [0.4, 0.5) is 0 Å². The van der Waals surface area contributed by atoms with Crippen LogP contribution >= 0.6 is 0 Å². The summed E-state index contributed by atoms with van der Waals surface area (Å²) in [6.07, 6.45) is 4.53. The van der Waals surface area contributed by atoms with Crippen LogP contribution in [0.1, 0.15) is 52.9 Å². The molecule has 1 aliphatic rings. The number of rotatable bonds is 4. The second-order valence-corrected chi connectivity index (χ2v) is 5.66. The predicted molar refractivity (Wildman–Crippen MR) is 65.0 cm³/mol. The lowest BCUT2D eigenvalue weighted by Crippen LogP contribution is -2.51. The molecule has 0 atom stereocenters. The molecule has 94 valence electrons. The van der Waals surface area contributed by atoms with E-state index in [2.05, 4.69) is 20.8 Å². The highest BCUT2D eigenvalue weighted by molar-refractivity contribution is 5.80. The van der Waals surface area contributed by atoms with Crippen LogP contribution in [0.25, 0.3) is 0 Å². The van der Waals surface area contributed by atoms with E-state index in [1.807, 2.05) is 0 Å². The van der Waals surface area contributed by atoms with Crippen molar-refractivity contribution in [2.24, 2.45) is 17.6 Å². The molecule has 0 aromatic heterocycles. The van der Waals surface area contributed by atoms with E-state index in [1.54, 1.807) is 0 Å². The van der Waals surface area contributed by atoms with Crippen molar-refractivity contribution < 1.29 is 9.53 Å². The highest BCUT2D eigenvalue weighted by Crippen LogP contribution is 2.30. The van der Waals surface area contributed by atoms with E-state index >= 15 is 0 Å². The number of hydrogen-bond acceptors (Lipinski definition) is 3. The molecule has 0 unspecified atom stereocenters. The molecule has 1 saturated carbocycles. The normalized spacial score (nSPS) is 30.4. The molecule has 1 aliphatic carbocycles. The Labute approximate surface area is 98.7 Å². The molecule has 2 N–H and O–H groups in total. The minimum absolute atomic E-state index is 0.194. The van der Waals surface area contributed by atoms with Gasteiger partial charge < -0.3 is 10.5 Å². The van der Waals surface area contributed by atoms with Crippen molar-refractivity contribution in [3.8, 4) is 0 Å². The summed E-state index contributed by atoms with van der Waals surface area (Å²) < 4.78 is 5.27. The summed E-state index contributed by atoms with van der Waals surface area (Å²) in [6, 6.07) is 0. The summed E-state index contributed by atoms with van der Waals surface area (Å²) in [5.74, 6) is 1.06. The van der Waals surface area contributed by atoms with Gasteiger partial charge in [0.05, 0.1) is 6.61 Å². The summed E-state index contributed by atoms with van der Waals surface area (Å²) in [5.41, 5.74) is 5.40. The average Bonchev–Trinajstić information content (AvgIpc) is 2.22. The third-order valence-electron chi connectivity index (χ3n) is 3.50. The van der Waals surface area contributed by atoms with E-state index in [-0.39, 0.29) is 5.97 Å². The zero-order valence-electron chi connectivity index (χ0n) is 10.8. The van der Waals surface area contributed by atoms with Gasteiger partial charge in [-0.1, -0.05) is 20.8 Å². The first-order valence-electron chi connectivity index (χ1n) is 6.40. The first kappa shape index (κ1) is 13.5. The summed E-state index contributed by atoms with van der Waals surface area (Å²) in [4.78, 5) is 11.9. The van der Waals surface area contributed by atoms with Crippen molar-refractivity contribution >= 4 is 5.97 Å². The Balaban J connectivity index is 2.35. The van der Waals surface area contributed by atoms with E-state index < -0.39 is 5.54 Å². The molecule has 0 aromatic carbocycles. The van der Waals surface area contributed by atoms with Crippen molar-refractivity contribution in [2.75, 3.05) is 6.61 Å². The van der Waals surface area contributed by atoms with Crippen LogP contribution in [-0.4, -0.2) is 18.1 Å². The maximum absolute atomic E-state index is 11.9. The van der Waals surface area contributed by atoms with Crippen LogP contribution in [0.5, 0.6) is 0 Å². The van der Waals surface area contributed by atoms with Gasteiger partial charge in [-0.3, -0.25) is 4.79 Å². The monoisotopic (exact) mass is 227 g/mol. The molecule has 0 aliphatic heterocycles. The molecule has 0 spiro atoms. The Kier molecular flexibility index (Phi) is 4.78. The maximum Gasteiger partial charge on any atom is 0.326 e. The van der Waals surface area contributed by atoms with Crippen LogP contribution in [0.15, 0.2) is 0 Å². The van der Waals surface area contributed by atoms with E-state index in [4.69, 9.17) is 10.5 Å². The Morgan fingerprint density at radius 3 is 2.50 bits per heavy atom. The number of carbonyl (C=O) groups is 1. The van der Waals surface area contributed by atoms with Crippen LogP contribution in [0.2, 0.25) is 0 Å². The van der Waals surface area contributed by atoms with Gasteiger partial charge in [-0.25, -0.2) is 0 Å². The molecule has 3 heteroatoms. The smallest absolute Gasteiger partial charge is 0.326 e. The molecule has 0 heterocycles. The van der Waals surface area contributed by atoms with E-state index in [9.17, 15) is 4.79 Å². The predicted octanol–water partition coefficient (Wildman–Crippen LogP) is 2.48. The minimum atomic E-state index is -0.705. The van der Waals surface area contributed by atoms with Crippen LogP contribution < -0.4 is 5.73 Å². The number of hydrogen-bond donors (Lipinski definition) is 1. The zero-order valence-corrected chi connectivity index (χ0v) is 10.8. The van der Waals surface area contributed by atoms with E-state index in [0.717, 1.165) is 32.1 Å². The molecular formula is C13H25NO2. The lowest BCUT2D eigenvalue weighted by atomic mass is 9.78. The van der Waals surface area contributed by atoms with Crippen LogP contribution in [0, 0.1) is 11.8 Å².